The number of amides is 1. The Hall–Kier alpha value is -1.88. The van der Waals surface area contributed by atoms with Crippen LogP contribution >= 0.6 is 11.6 Å². The van der Waals surface area contributed by atoms with E-state index >= 15 is 0 Å². The van der Waals surface area contributed by atoms with E-state index in [1.165, 1.54) is 18.2 Å². The molecule has 0 aliphatic heterocycles. The molecule has 20 heavy (non-hydrogen) atoms. The number of halogens is 2. The van der Waals surface area contributed by atoms with Crippen molar-refractivity contribution in [1.82, 2.24) is 5.16 Å². The predicted molar refractivity (Wildman–Crippen MR) is 74.6 cm³/mol. The van der Waals surface area contributed by atoms with E-state index in [1.807, 2.05) is 20.8 Å². The van der Waals surface area contributed by atoms with Crippen molar-refractivity contribution in [2.75, 3.05) is 5.32 Å². The number of benzene rings is 1. The van der Waals surface area contributed by atoms with Crippen LogP contribution in [-0.2, 0) is 5.41 Å². The maximum absolute atomic E-state index is 13.6. The summed E-state index contributed by atoms with van der Waals surface area (Å²) in [4.78, 5) is 12.0. The Morgan fingerprint density at radius 1 is 1.40 bits per heavy atom. The second-order valence-electron chi connectivity index (χ2n) is 5.38. The first kappa shape index (κ1) is 14.5. The molecule has 0 radical (unpaired) electrons. The lowest BCUT2D eigenvalue weighted by Crippen LogP contribution is -2.14. The van der Waals surface area contributed by atoms with E-state index in [1.54, 1.807) is 6.07 Å². The molecule has 0 atom stereocenters. The molecular weight excluding hydrogens is 283 g/mol. The molecule has 1 aromatic carbocycles. The molecule has 0 saturated heterocycles. The quantitative estimate of drug-likeness (QED) is 0.910. The molecule has 0 saturated carbocycles. The van der Waals surface area contributed by atoms with E-state index < -0.39 is 11.7 Å². The Bertz CT molecular complexity index is 627. The maximum atomic E-state index is 13.6. The lowest BCUT2D eigenvalue weighted by atomic mass is 9.93. The molecule has 6 heteroatoms. The van der Waals surface area contributed by atoms with Gasteiger partial charge in [0.2, 0.25) is 0 Å². The molecule has 1 heterocycles. The molecule has 2 aromatic rings. The van der Waals surface area contributed by atoms with Crippen molar-refractivity contribution in [3.05, 3.63) is 46.4 Å². The van der Waals surface area contributed by atoms with Crippen LogP contribution in [0.4, 0.5) is 10.2 Å². The van der Waals surface area contributed by atoms with Crippen molar-refractivity contribution in [2.24, 2.45) is 0 Å². The summed E-state index contributed by atoms with van der Waals surface area (Å²) >= 11 is 5.82. The number of anilines is 1. The zero-order chi connectivity index (χ0) is 14.9. The van der Waals surface area contributed by atoms with Gasteiger partial charge in [0.15, 0.2) is 5.82 Å². The summed E-state index contributed by atoms with van der Waals surface area (Å²) in [5, 5.41) is 6.24. The van der Waals surface area contributed by atoms with Crippen LogP contribution in [0.1, 0.15) is 36.9 Å². The highest BCUT2D eigenvalue weighted by molar-refractivity contribution is 6.34. The van der Waals surface area contributed by atoms with Crippen LogP contribution in [0.25, 0.3) is 0 Å². The first-order valence-electron chi connectivity index (χ1n) is 6.01. The number of carbonyl (C=O) groups is 1. The fourth-order valence-corrected chi connectivity index (χ4v) is 1.83. The summed E-state index contributed by atoms with van der Waals surface area (Å²) in [6.07, 6.45) is 0. The molecule has 0 aliphatic rings. The van der Waals surface area contributed by atoms with Gasteiger partial charge in [0.05, 0.1) is 10.6 Å². The summed E-state index contributed by atoms with van der Waals surface area (Å²) in [6.45, 7) is 5.85. The standard InChI is InChI=1S/C14H14ClFN2O2/c1-14(2,3)10-7-11(18-20-10)17-13(19)12-8(15)5-4-6-9(12)16/h4-7H,1-3H3,(H,17,18,19). The largest absolute Gasteiger partial charge is 0.359 e. The molecule has 2 rings (SSSR count). The van der Waals surface area contributed by atoms with Gasteiger partial charge in [-0.25, -0.2) is 4.39 Å². The van der Waals surface area contributed by atoms with Crippen LogP contribution < -0.4 is 5.32 Å². The van der Waals surface area contributed by atoms with Gasteiger partial charge in [0.25, 0.3) is 5.91 Å². The Morgan fingerprint density at radius 3 is 2.65 bits per heavy atom. The lowest BCUT2D eigenvalue weighted by Gasteiger charge is -2.12. The molecule has 1 N–H and O–H groups in total. The minimum Gasteiger partial charge on any atom is -0.359 e. The zero-order valence-electron chi connectivity index (χ0n) is 11.3. The minimum absolute atomic E-state index is 0.0436. The van der Waals surface area contributed by atoms with Gasteiger partial charge >= 0.3 is 0 Å². The average Bonchev–Trinajstić information content (AvgIpc) is 2.76. The summed E-state index contributed by atoms with van der Waals surface area (Å²) in [5.41, 5.74) is -0.444. The van der Waals surface area contributed by atoms with E-state index in [-0.39, 0.29) is 21.8 Å². The molecule has 0 spiro atoms. The van der Waals surface area contributed by atoms with Crippen molar-refractivity contribution in [3.63, 3.8) is 0 Å². The summed E-state index contributed by atoms with van der Waals surface area (Å²) < 4.78 is 18.7. The van der Waals surface area contributed by atoms with Crippen LogP contribution in [0, 0.1) is 5.82 Å². The monoisotopic (exact) mass is 296 g/mol. The van der Waals surface area contributed by atoms with Crippen LogP contribution in [0.5, 0.6) is 0 Å². The molecule has 0 bridgehead atoms. The van der Waals surface area contributed by atoms with Crippen LogP contribution in [0.2, 0.25) is 5.02 Å². The fraction of sp³-hybridized carbons (Fsp3) is 0.286. The molecule has 1 aromatic heterocycles. The Labute approximate surface area is 120 Å². The molecule has 1 amide bonds. The van der Waals surface area contributed by atoms with E-state index in [0.717, 1.165) is 0 Å². The molecule has 0 aliphatic carbocycles. The number of nitrogens with one attached hydrogen (secondary N) is 1. The minimum atomic E-state index is -0.686. The smallest absolute Gasteiger partial charge is 0.261 e. The Balaban J connectivity index is 2.22. The number of aromatic nitrogens is 1. The van der Waals surface area contributed by atoms with Gasteiger partial charge in [-0.3, -0.25) is 4.79 Å². The van der Waals surface area contributed by atoms with Crippen molar-refractivity contribution in [3.8, 4) is 0 Å². The number of nitrogens with zero attached hydrogens (tertiary/aromatic N) is 1. The molecule has 0 unspecified atom stereocenters. The number of hydrogen-bond acceptors (Lipinski definition) is 3. The van der Waals surface area contributed by atoms with Crippen molar-refractivity contribution >= 4 is 23.3 Å². The van der Waals surface area contributed by atoms with Crippen LogP contribution in [-0.4, -0.2) is 11.1 Å². The highest BCUT2D eigenvalue weighted by Gasteiger charge is 2.22. The van der Waals surface area contributed by atoms with Gasteiger partial charge in [-0.2, -0.15) is 0 Å². The number of hydrogen-bond donors (Lipinski definition) is 1. The van der Waals surface area contributed by atoms with E-state index in [4.69, 9.17) is 16.1 Å². The summed E-state index contributed by atoms with van der Waals surface area (Å²) in [7, 11) is 0. The first-order chi connectivity index (χ1) is 9.29. The maximum Gasteiger partial charge on any atom is 0.261 e. The van der Waals surface area contributed by atoms with Gasteiger partial charge < -0.3 is 9.84 Å². The van der Waals surface area contributed by atoms with E-state index in [9.17, 15) is 9.18 Å². The topological polar surface area (TPSA) is 55.1 Å². The highest BCUT2D eigenvalue weighted by atomic mass is 35.5. The number of carbonyl (C=O) groups excluding carboxylic acids is 1. The zero-order valence-corrected chi connectivity index (χ0v) is 12.1. The van der Waals surface area contributed by atoms with Crippen LogP contribution in [0.3, 0.4) is 0 Å². The third kappa shape index (κ3) is 2.99. The summed E-state index contributed by atoms with van der Waals surface area (Å²) in [6, 6.07) is 5.65. The second-order valence-corrected chi connectivity index (χ2v) is 5.78. The van der Waals surface area contributed by atoms with Gasteiger partial charge in [0.1, 0.15) is 11.6 Å². The third-order valence-corrected chi connectivity index (χ3v) is 3.00. The Morgan fingerprint density at radius 2 is 2.10 bits per heavy atom. The average molecular weight is 297 g/mol. The van der Waals surface area contributed by atoms with Gasteiger partial charge in [0, 0.05) is 11.5 Å². The predicted octanol–water partition coefficient (Wildman–Crippen LogP) is 4.02. The normalized spacial score (nSPS) is 11.4. The summed E-state index contributed by atoms with van der Waals surface area (Å²) in [5.74, 6) is -0.511. The van der Waals surface area contributed by atoms with Crippen molar-refractivity contribution < 1.29 is 13.7 Å². The molecule has 106 valence electrons. The highest BCUT2D eigenvalue weighted by Crippen LogP contribution is 2.25. The number of rotatable bonds is 2. The molecular formula is C14H14ClFN2O2. The van der Waals surface area contributed by atoms with Crippen LogP contribution in [0.15, 0.2) is 28.8 Å². The van der Waals surface area contributed by atoms with Crippen molar-refractivity contribution in [1.29, 1.82) is 0 Å². The van der Waals surface area contributed by atoms with Gasteiger partial charge in [-0.05, 0) is 12.1 Å². The van der Waals surface area contributed by atoms with E-state index in [2.05, 4.69) is 10.5 Å². The van der Waals surface area contributed by atoms with Gasteiger partial charge in [-0.15, -0.1) is 0 Å². The third-order valence-electron chi connectivity index (χ3n) is 2.68. The second kappa shape index (κ2) is 5.25. The fourth-order valence-electron chi connectivity index (χ4n) is 1.58. The lowest BCUT2D eigenvalue weighted by molar-refractivity contribution is 0.102. The van der Waals surface area contributed by atoms with Crippen molar-refractivity contribution in [2.45, 2.75) is 26.2 Å². The SMILES string of the molecule is CC(C)(C)c1cc(NC(=O)c2c(F)cccc2Cl)no1. The van der Waals surface area contributed by atoms with Gasteiger partial charge in [-0.1, -0.05) is 43.6 Å². The van der Waals surface area contributed by atoms with E-state index in [0.29, 0.717) is 5.76 Å². The molecule has 0 fully saturated rings. The first-order valence-corrected chi connectivity index (χ1v) is 6.39. The molecule has 4 nitrogen and oxygen atoms in total. The Kier molecular flexibility index (Phi) is 3.81.